The molecule has 8 heteroatoms. The second-order valence-electron chi connectivity index (χ2n) is 5.93. The van der Waals surface area contributed by atoms with Crippen LogP contribution >= 0.6 is 11.6 Å². The van der Waals surface area contributed by atoms with Gasteiger partial charge in [-0.2, -0.15) is 10.2 Å². The van der Waals surface area contributed by atoms with Gasteiger partial charge in [-0.25, -0.2) is 4.39 Å². The summed E-state index contributed by atoms with van der Waals surface area (Å²) in [5, 5.41) is 11.6. The number of rotatable bonds is 5. The molecule has 2 heterocycles. The molecular weight excluding hydrogens is 357 g/mol. The Morgan fingerprint density at radius 2 is 2.00 bits per heavy atom. The fraction of sp³-hybridized carbons (Fsp3) is 0.278. The Bertz CT molecular complexity index is 963. The van der Waals surface area contributed by atoms with E-state index in [0.717, 1.165) is 5.69 Å². The molecule has 136 valence electrons. The number of nitrogens with zero attached hydrogens (tertiary/aromatic N) is 4. The summed E-state index contributed by atoms with van der Waals surface area (Å²) in [6.07, 6.45) is 1.55. The van der Waals surface area contributed by atoms with Crippen LogP contribution in [0.1, 0.15) is 34.2 Å². The van der Waals surface area contributed by atoms with Gasteiger partial charge in [-0.1, -0.05) is 29.8 Å². The van der Waals surface area contributed by atoms with E-state index in [0.29, 0.717) is 23.4 Å². The van der Waals surface area contributed by atoms with Gasteiger partial charge in [0.1, 0.15) is 10.8 Å². The van der Waals surface area contributed by atoms with Gasteiger partial charge >= 0.3 is 0 Å². The summed E-state index contributed by atoms with van der Waals surface area (Å²) in [7, 11) is 0. The Morgan fingerprint density at radius 3 is 2.65 bits per heavy atom. The Labute approximate surface area is 155 Å². The minimum atomic E-state index is -0.322. The Kier molecular flexibility index (Phi) is 5.08. The maximum Gasteiger partial charge on any atom is 0.260 e. The third-order valence-electron chi connectivity index (χ3n) is 4.15. The smallest absolute Gasteiger partial charge is 0.260 e. The zero-order valence-corrected chi connectivity index (χ0v) is 15.5. The Morgan fingerprint density at radius 1 is 1.27 bits per heavy atom. The summed E-state index contributed by atoms with van der Waals surface area (Å²) in [6, 6.07) is 6.44. The molecule has 0 aliphatic rings. The predicted octanol–water partition coefficient (Wildman–Crippen LogP) is 3.81. The number of halogens is 2. The third-order valence-corrected chi connectivity index (χ3v) is 4.42. The number of carbonyl (C=O) groups is 1. The zero-order valence-electron chi connectivity index (χ0n) is 14.8. The van der Waals surface area contributed by atoms with Crippen molar-refractivity contribution < 1.29 is 9.18 Å². The molecular formula is C18H19ClFN5O. The Balaban J connectivity index is 1.81. The molecule has 0 radical (unpaired) electrons. The number of anilines is 1. The molecule has 0 bridgehead atoms. The lowest BCUT2D eigenvalue weighted by atomic mass is 10.2. The van der Waals surface area contributed by atoms with E-state index in [1.165, 1.54) is 10.7 Å². The first-order chi connectivity index (χ1) is 12.4. The highest BCUT2D eigenvalue weighted by molar-refractivity contribution is 6.33. The van der Waals surface area contributed by atoms with Gasteiger partial charge in [-0.3, -0.25) is 14.2 Å². The van der Waals surface area contributed by atoms with Crippen LogP contribution in [0.15, 0.2) is 30.5 Å². The number of hydrogen-bond donors (Lipinski definition) is 1. The summed E-state index contributed by atoms with van der Waals surface area (Å²) < 4.78 is 17.0. The fourth-order valence-electron chi connectivity index (χ4n) is 2.87. The van der Waals surface area contributed by atoms with E-state index >= 15 is 0 Å². The topological polar surface area (TPSA) is 64.7 Å². The monoisotopic (exact) mass is 375 g/mol. The largest absolute Gasteiger partial charge is 0.304 e. The summed E-state index contributed by atoms with van der Waals surface area (Å²) in [4.78, 5) is 12.6. The molecule has 3 aromatic rings. The van der Waals surface area contributed by atoms with E-state index in [-0.39, 0.29) is 29.1 Å². The van der Waals surface area contributed by atoms with Gasteiger partial charge in [0.05, 0.1) is 17.8 Å². The molecule has 1 amide bonds. The molecule has 26 heavy (non-hydrogen) atoms. The average Bonchev–Trinajstić information content (AvgIpc) is 3.08. The van der Waals surface area contributed by atoms with E-state index in [9.17, 15) is 9.18 Å². The molecule has 0 saturated carbocycles. The van der Waals surface area contributed by atoms with Gasteiger partial charge in [0, 0.05) is 24.0 Å². The molecule has 0 fully saturated rings. The lowest BCUT2D eigenvalue weighted by molar-refractivity contribution is 0.102. The molecule has 6 nitrogen and oxygen atoms in total. The molecule has 1 aromatic carbocycles. The van der Waals surface area contributed by atoms with Crippen molar-refractivity contribution in [1.82, 2.24) is 19.6 Å². The second kappa shape index (κ2) is 7.29. The SMILES string of the molecule is CCn1nc(C)c(C(=O)Nc2nn(Cc3ccccc3F)cc2Cl)c1C. The quantitative estimate of drug-likeness (QED) is 0.737. The van der Waals surface area contributed by atoms with Gasteiger partial charge in [0.25, 0.3) is 5.91 Å². The first kappa shape index (κ1) is 18.1. The van der Waals surface area contributed by atoms with E-state index in [1.54, 1.807) is 36.0 Å². The molecule has 0 aliphatic carbocycles. The van der Waals surface area contributed by atoms with E-state index in [1.807, 2.05) is 13.8 Å². The predicted molar refractivity (Wildman–Crippen MR) is 98.1 cm³/mol. The number of amides is 1. The van der Waals surface area contributed by atoms with Crippen LogP contribution in [0.2, 0.25) is 5.02 Å². The van der Waals surface area contributed by atoms with Crippen molar-refractivity contribution in [2.45, 2.75) is 33.9 Å². The highest BCUT2D eigenvalue weighted by atomic mass is 35.5. The van der Waals surface area contributed by atoms with Crippen molar-refractivity contribution in [2.24, 2.45) is 0 Å². The number of nitrogens with one attached hydrogen (secondary N) is 1. The summed E-state index contributed by atoms with van der Waals surface area (Å²) in [5.74, 6) is -0.406. The number of hydrogen-bond acceptors (Lipinski definition) is 3. The van der Waals surface area contributed by atoms with Gasteiger partial charge in [-0.15, -0.1) is 0 Å². The van der Waals surface area contributed by atoms with E-state index in [2.05, 4.69) is 15.5 Å². The molecule has 3 rings (SSSR count). The van der Waals surface area contributed by atoms with Crippen LogP contribution in [0.4, 0.5) is 10.2 Å². The first-order valence-corrected chi connectivity index (χ1v) is 8.60. The molecule has 0 spiro atoms. The number of benzene rings is 1. The lowest BCUT2D eigenvalue weighted by Gasteiger charge is -2.05. The second-order valence-corrected chi connectivity index (χ2v) is 6.34. The number of aryl methyl sites for hydroxylation is 2. The van der Waals surface area contributed by atoms with Crippen LogP contribution in [0, 0.1) is 19.7 Å². The van der Waals surface area contributed by atoms with Gasteiger partial charge in [0.15, 0.2) is 5.82 Å². The van der Waals surface area contributed by atoms with Crippen LogP contribution in [0.5, 0.6) is 0 Å². The fourth-order valence-corrected chi connectivity index (χ4v) is 3.07. The minimum absolute atomic E-state index is 0.216. The molecule has 0 saturated heterocycles. The van der Waals surface area contributed by atoms with Crippen molar-refractivity contribution in [3.8, 4) is 0 Å². The van der Waals surface area contributed by atoms with Crippen molar-refractivity contribution in [2.75, 3.05) is 5.32 Å². The highest BCUT2D eigenvalue weighted by Gasteiger charge is 2.20. The molecule has 1 N–H and O–H groups in total. The van der Waals surface area contributed by atoms with Crippen molar-refractivity contribution in [1.29, 1.82) is 0 Å². The molecule has 0 atom stereocenters. The van der Waals surface area contributed by atoms with Gasteiger partial charge < -0.3 is 5.32 Å². The first-order valence-electron chi connectivity index (χ1n) is 8.22. The van der Waals surface area contributed by atoms with Gasteiger partial charge in [0.2, 0.25) is 0 Å². The van der Waals surface area contributed by atoms with Crippen molar-refractivity contribution in [3.05, 3.63) is 63.8 Å². The van der Waals surface area contributed by atoms with Crippen LogP contribution in [-0.2, 0) is 13.1 Å². The van der Waals surface area contributed by atoms with Crippen LogP contribution in [0.3, 0.4) is 0 Å². The number of carbonyl (C=O) groups excluding carboxylic acids is 1. The molecule has 2 aromatic heterocycles. The molecule has 0 unspecified atom stereocenters. The minimum Gasteiger partial charge on any atom is -0.304 e. The van der Waals surface area contributed by atoms with Crippen molar-refractivity contribution >= 4 is 23.3 Å². The van der Waals surface area contributed by atoms with E-state index < -0.39 is 0 Å². The van der Waals surface area contributed by atoms with E-state index in [4.69, 9.17) is 11.6 Å². The summed E-state index contributed by atoms with van der Waals surface area (Å²) in [6.45, 7) is 6.48. The van der Waals surface area contributed by atoms with Crippen LogP contribution in [-0.4, -0.2) is 25.5 Å². The average molecular weight is 376 g/mol. The summed E-state index contributed by atoms with van der Waals surface area (Å²) in [5.41, 5.74) is 2.42. The highest BCUT2D eigenvalue weighted by Crippen LogP contribution is 2.22. The normalized spacial score (nSPS) is 11.0. The zero-order chi connectivity index (χ0) is 18.8. The Hall–Kier alpha value is -2.67. The maximum atomic E-state index is 13.8. The van der Waals surface area contributed by atoms with Gasteiger partial charge in [-0.05, 0) is 26.8 Å². The van der Waals surface area contributed by atoms with Crippen molar-refractivity contribution in [3.63, 3.8) is 0 Å². The maximum absolute atomic E-state index is 13.8. The number of aromatic nitrogens is 4. The molecule has 0 aliphatic heterocycles. The third kappa shape index (κ3) is 3.48. The lowest BCUT2D eigenvalue weighted by Crippen LogP contribution is -2.15. The summed E-state index contributed by atoms with van der Waals surface area (Å²) >= 11 is 6.18. The van der Waals surface area contributed by atoms with Crippen LogP contribution in [0.25, 0.3) is 0 Å². The standard InChI is InChI=1S/C18H19ClFN5O/c1-4-25-12(3)16(11(2)22-25)18(26)21-17-14(19)10-24(23-17)9-13-7-5-6-8-15(13)20/h5-8,10H,4,9H2,1-3H3,(H,21,23,26). The van der Waals surface area contributed by atoms with Crippen LogP contribution < -0.4 is 5.32 Å².